The van der Waals surface area contributed by atoms with Crippen LogP contribution in [0.15, 0.2) is 12.3 Å². The average Bonchev–Trinajstić information content (AvgIpc) is 1.88. The van der Waals surface area contributed by atoms with Crippen molar-refractivity contribution in [3.05, 3.63) is 29.3 Å². The highest BCUT2D eigenvalue weighted by atomic mass is 19.1. The second-order valence-electron chi connectivity index (χ2n) is 2.29. The largest absolute Gasteiger partial charge is 0.228 e. The molecule has 0 aliphatic rings. The summed E-state index contributed by atoms with van der Waals surface area (Å²) in [5.41, 5.74) is 2.09. The average molecular weight is 139 g/mol. The van der Waals surface area contributed by atoms with Crippen molar-refractivity contribution in [1.82, 2.24) is 4.98 Å². The molecule has 0 aliphatic carbocycles. The van der Waals surface area contributed by atoms with Gasteiger partial charge in [0.1, 0.15) is 0 Å². The number of halogens is 1. The van der Waals surface area contributed by atoms with Gasteiger partial charge in [-0.3, -0.25) is 0 Å². The minimum atomic E-state index is -0.394. The van der Waals surface area contributed by atoms with Gasteiger partial charge in [0.25, 0.3) is 0 Å². The van der Waals surface area contributed by atoms with Crippen LogP contribution >= 0.6 is 0 Å². The van der Waals surface area contributed by atoms with Crippen LogP contribution in [-0.2, 0) is 6.42 Å². The summed E-state index contributed by atoms with van der Waals surface area (Å²) in [6.07, 6.45) is 2.50. The van der Waals surface area contributed by atoms with Gasteiger partial charge in [0.15, 0.2) is 0 Å². The van der Waals surface area contributed by atoms with E-state index in [1.165, 1.54) is 6.07 Å². The predicted octanol–water partition coefficient (Wildman–Crippen LogP) is 2.09. The third kappa shape index (κ3) is 1.32. The molecule has 0 atom stereocenters. The smallest absolute Gasteiger partial charge is 0.213 e. The second-order valence-corrected chi connectivity index (χ2v) is 2.29. The molecule has 1 aromatic heterocycles. The molecule has 0 amide bonds. The van der Waals surface area contributed by atoms with Gasteiger partial charge in [-0.15, -0.1) is 0 Å². The summed E-state index contributed by atoms with van der Waals surface area (Å²) in [5, 5.41) is 0. The molecule has 0 aliphatic heterocycles. The van der Waals surface area contributed by atoms with Crippen molar-refractivity contribution in [3.8, 4) is 0 Å². The molecule has 1 rings (SSSR count). The maximum Gasteiger partial charge on any atom is 0.213 e. The Labute approximate surface area is 59.9 Å². The van der Waals surface area contributed by atoms with E-state index in [0.717, 1.165) is 17.5 Å². The van der Waals surface area contributed by atoms with Crippen molar-refractivity contribution in [3.63, 3.8) is 0 Å². The van der Waals surface area contributed by atoms with Gasteiger partial charge in [0, 0.05) is 6.20 Å². The van der Waals surface area contributed by atoms with Gasteiger partial charge in [-0.05, 0) is 30.5 Å². The fourth-order valence-electron chi connectivity index (χ4n) is 0.920. The molecule has 0 spiro atoms. The summed E-state index contributed by atoms with van der Waals surface area (Å²) < 4.78 is 12.4. The van der Waals surface area contributed by atoms with Crippen LogP contribution in [0.5, 0.6) is 0 Å². The van der Waals surface area contributed by atoms with Gasteiger partial charge in [-0.2, -0.15) is 4.39 Å². The van der Waals surface area contributed by atoms with E-state index in [0.29, 0.717) is 0 Å². The standard InChI is InChI=1S/C8H10FN/c1-3-7-5-10-8(9)4-6(7)2/h4-5H,3H2,1-2H3. The zero-order valence-corrected chi connectivity index (χ0v) is 6.19. The third-order valence-electron chi connectivity index (χ3n) is 1.57. The summed E-state index contributed by atoms with van der Waals surface area (Å²) in [6.45, 7) is 3.92. The Kier molecular flexibility index (Phi) is 2.00. The lowest BCUT2D eigenvalue weighted by atomic mass is 10.1. The predicted molar refractivity (Wildman–Crippen MR) is 38.3 cm³/mol. The van der Waals surface area contributed by atoms with Gasteiger partial charge >= 0.3 is 0 Å². The Bertz CT molecular complexity index is 233. The molecule has 54 valence electrons. The number of rotatable bonds is 1. The molecule has 0 saturated heterocycles. The monoisotopic (exact) mass is 139 g/mol. The number of aryl methyl sites for hydroxylation is 2. The van der Waals surface area contributed by atoms with Crippen molar-refractivity contribution in [2.45, 2.75) is 20.3 Å². The third-order valence-corrected chi connectivity index (χ3v) is 1.57. The van der Waals surface area contributed by atoms with Crippen LogP contribution in [0.2, 0.25) is 0 Å². The molecular weight excluding hydrogens is 129 g/mol. The molecule has 0 fully saturated rings. The van der Waals surface area contributed by atoms with Crippen molar-refractivity contribution in [2.24, 2.45) is 0 Å². The number of pyridine rings is 1. The van der Waals surface area contributed by atoms with E-state index >= 15 is 0 Å². The Morgan fingerprint density at radius 3 is 2.80 bits per heavy atom. The van der Waals surface area contributed by atoms with Crippen molar-refractivity contribution >= 4 is 0 Å². The van der Waals surface area contributed by atoms with Crippen LogP contribution in [-0.4, -0.2) is 4.98 Å². The van der Waals surface area contributed by atoms with Crippen LogP contribution in [0.1, 0.15) is 18.1 Å². The summed E-state index contributed by atoms with van der Waals surface area (Å²) in [6, 6.07) is 1.46. The van der Waals surface area contributed by atoms with Gasteiger partial charge in [0.2, 0.25) is 5.95 Å². The molecule has 0 aromatic carbocycles. The Balaban J connectivity index is 3.07. The summed E-state index contributed by atoms with van der Waals surface area (Å²) in [5.74, 6) is -0.394. The minimum Gasteiger partial charge on any atom is -0.228 e. The molecule has 1 heterocycles. The second kappa shape index (κ2) is 2.78. The van der Waals surface area contributed by atoms with Gasteiger partial charge < -0.3 is 0 Å². The number of nitrogens with zero attached hydrogens (tertiary/aromatic N) is 1. The van der Waals surface area contributed by atoms with E-state index in [2.05, 4.69) is 4.98 Å². The molecule has 1 nitrogen and oxygen atoms in total. The Morgan fingerprint density at radius 1 is 1.60 bits per heavy atom. The lowest BCUT2D eigenvalue weighted by Crippen LogP contribution is -1.90. The summed E-state index contributed by atoms with van der Waals surface area (Å²) >= 11 is 0. The summed E-state index contributed by atoms with van der Waals surface area (Å²) in [4.78, 5) is 3.54. The SMILES string of the molecule is CCc1cnc(F)cc1C. The fourth-order valence-corrected chi connectivity index (χ4v) is 0.920. The zero-order chi connectivity index (χ0) is 7.56. The van der Waals surface area contributed by atoms with E-state index in [9.17, 15) is 4.39 Å². The highest BCUT2D eigenvalue weighted by Gasteiger charge is 1.96. The highest BCUT2D eigenvalue weighted by Crippen LogP contribution is 2.06. The van der Waals surface area contributed by atoms with Crippen LogP contribution in [0.4, 0.5) is 4.39 Å². The highest BCUT2D eigenvalue weighted by molar-refractivity contribution is 5.21. The first-order valence-electron chi connectivity index (χ1n) is 3.35. The quantitative estimate of drug-likeness (QED) is 0.543. The molecule has 1 aromatic rings. The van der Waals surface area contributed by atoms with Crippen LogP contribution in [0, 0.1) is 12.9 Å². The first-order chi connectivity index (χ1) is 4.74. The molecule has 0 saturated carbocycles. The summed E-state index contributed by atoms with van der Waals surface area (Å²) in [7, 11) is 0. The topological polar surface area (TPSA) is 12.9 Å². The molecule has 2 heteroatoms. The number of hydrogen-bond acceptors (Lipinski definition) is 1. The van der Waals surface area contributed by atoms with Gasteiger partial charge in [0.05, 0.1) is 0 Å². The van der Waals surface area contributed by atoms with Crippen molar-refractivity contribution in [2.75, 3.05) is 0 Å². The lowest BCUT2D eigenvalue weighted by molar-refractivity contribution is 0.581. The number of hydrogen-bond donors (Lipinski definition) is 0. The maximum atomic E-state index is 12.4. The van der Waals surface area contributed by atoms with E-state index in [1.807, 2.05) is 13.8 Å². The maximum absolute atomic E-state index is 12.4. The van der Waals surface area contributed by atoms with E-state index < -0.39 is 5.95 Å². The van der Waals surface area contributed by atoms with E-state index in [-0.39, 0.29) is 0 Å². The normalized spacial score (nSPS) is 9.90. The molecule has 0 bridgehead atoms. The Hall–Kier alpha value is -0.920. The van der Waals surface area contributed by atoms with Crippen LogP contribution in [0.25, 0.3) is 0 Å². The van der Waals surface area contributed by atoms with E-state index in [1.54, 1.807) is 6.20 Å². The molecule has 0 unspecified atom stereocenters. The van der Waals surface area contributed by atoms with Crippen LogP contribution in [0.3, 0.4) is 0 Å². The Morgan fingerprint density at radius 2 is 2.30 bits per heavy atom. The van der Waals surface area contributed by atoms with Crippen molar-refractivity contribution < 1.29 is 4.39 Å². The molecule has 0 radical (unpaired) electrons. The molecule has 0 N–H and O–H groups in total. The minimum absolute atomic E-state index is 0.394. The van der Waals surface area contributed by atoms with E-state index in [4.69, 9.17) is 0 Å². The van der Waals surface area contributed by atoms with Gasteiger partial charge in [-0.1, -0.05) is 6.92 Å². The van der Waals surface area contributed by atoms with Crippen LogP contribution < -0.4 is 0 Å². The fraction of sp³-hybridized carbons (Fsp3) is 0.375. The lowest BCUT2D eigenvalue weighted by Gasteiger charge is -1.99. The zero-order valence-electron chi connectivity index (χ0n) is 6.19. The van der Waals surface area contributed by atoms with Gasteiger partial charge in [-0.25, -0.2) is 4.98 Å². The first-order valence-corrected chi connectivity index (χ1v) is 3.35. The first kappa shape index (κ1) is 7.19. The number of aromatic nitrogens is 1. The molecular formula is C8H10FN. The molecule has 10 heavy (non-hydrogen) atoms. The van der Waals surface area contributed by atoms with Crippen molar-refractivity contribution in [1.29, 1.82) is 0 Å².